The number of carbonyl (C=O) groups excluding carboxylic acids is 1. The van der Waals surface area contributed by atoms with Gasteiger partial charge in [0.1, 0.15) is 6.61 Å². The first-order valence-electron chi connectivity index (χ1n) is 19.0. The Hall–Kier alpha value is -3.09. The van der Waals surface area contributed by atoms with E-state index in [9.17, 15) is 20.1 Å². The quantitative estimate of drug-likeness (QED) is 0.0927. The Kier molecular flexibility index (Phi) is 13.2. The molecule has 7 nitrogen and oxygen atoms in total. The third-order valence-corrected chi connectivity index (χ3v) is 12.4. The molecule has 276 valence electrons. The molecule has 7 N–H and O–H groups in total. The maximum absolute atomic E-state index is 14.0. The summed E-state index contributed by atoms with van der Waals surface area (Å²) in [6.07, 6.45) is 14.9. The molecular weight excluding hydrogens is 636 g/mol. The molecule has 0 unspecified atom stereocenters. The second-order valence-electron chi connectivity index (χ2n) is 15.7. The van der Waals surface area contributed by atoms with Crippen molar-refractivity contribution in [2.75, 3.05) is 13.2 Å². The van der Waals surface area contributed by atoms with Crippen molar-refractivity contribution >= 4 is 5.78 Å². The molecule has 7 atom stereocenters. The van der Waals surface area contributed by atoms with Crippen molar-refractivity contribution in [1.29, 1.82) is 0 Å². The van der Waals surface area contributed by atoms with Crippen molar-refractivity contribution < 1.29 is 24.9 Å². The normalized spacial score (nSPS) is 35.5. The molecule has 0 radical (unpaired) electrons. The highest BCUT2D eigenvalue weighted by molar-refractivity contribution is 5.97. The van der Waals surface area contributed by atoms with Gasteiger partial charge in [0.05, 0.1) is 24.0 Å². The van der Waals surface area contributed by atoms with E-state index in [4.69, 9.17) is 16.2 Å². The van der Waals surface area contributed by atoms with Crippen LogP contribution in [-0.4, -0.2) is 52.1 Å². The van der Waals surface area contributed by atoms with Gasteiger partial charge in [-0.1, -0.05) is 90.1 Å². The number of ketones is 1. The van der Waals surface area contributed by atoms with Crippen molar-refractivity contribution in [3.05, 3.63) is 94.1 Å². The van der Waals surface area contributed by atoms with Gasteiger partial charge in [-0.05, 0) is 113 Å². The van der Waals surface area contributed by atoms with Crippen LogP contribution in [0.3, 0.4) is 0 Å². The van der Waals surface area contributed by atoms with Crippen LogP contribution in [0.1, 0.15) is 109 Å². The summed E-state index contributed by atoms with van der Waals surface area (Å²) < 4.78 is 6.52. The number of ether oxygens (including phenoxy) is 1. The summed E-state index contributed by atoms with van der Waals surface area (Å²) in [5.41, 5.74) is 16.4. The summed E-state index contributed by atoms with van der Waals surface area (Å²) in [4.78, 5) is 14.0. The highest BCUT2D eigenvalue weighted by Gasteiger charge is 2.67. The molecule has 4 aliphatic rings. The smallest absolute Gasteiger partial charge is 0.162 e. The molecule has 7 heteroatoms. The zero-order chi connectivity index (χ0) is 36.8. The summed E-state index contributed by atoms with van der Waals surface area (Å²) in [6.45, 7) is 10.5. The number of rotatable bonds is 7. The van der Waals surface area contributed by atoms with Crippen LogP contribution in [0.4, 0.5) is 0 Å². The van der Waals surface area contributed by atoms with Crippen LogP contribution in [0, 0.1) is 35.0 Å². The minimum Gasteiger partial charge on any atom is -0.396 e. The van der Waals surface area contributed by atoms with Gasteiger partial charge >= 0.3 is 0 Å². The number of allylic oxidation sites excluding steroid dienone is 8. The van der Waals surface area contributed by atoms with E-state index in [1.165, 1.54) is 5.57 Å². The summed E-state index contributed by atoms with van der Waals surface area (Å²) in [6, 6.07) is 7.54. The molecule has 5 rings (SSSR count). The van der Waals surface area contributed by atoms with Gasteiger partial charge in [-0.3, -0.25) is 4.79 Å². The molecule has 1 aliphatic heterocycles. The highest BCUT2D eigenvalue weighted by atomic mass is 16.5. The van der Waals surface area contributed by atoms with Crippen LogP contribution in [0.5, 0.6) is 0 Å². The number of aliphatic hydroxyl groups excluding tert-OH is 2. The number of hydrogen-bond acceptors (Lipinski definition) is 7. The lowest BCUT2D eigenvalue weighted by Gasteiger charge is -2.56. The number of carbonyl (C=O) groups is 1. The van der Waals surface area contributed by atoms with Gasteiger partial charge in [0, 0.05) is 30.8 Å². The van der Waals surface area contributed by atoms with E-state index in [1.807, 2.05) is 38.1 Å². The van der Waals surface area contributed by atoms with Crippen LogP contribution < -0.4 is 11.5 Å². The first-order valence-corrected chi connectivity index (χ1v) is 19.0. The van der Waals surface area contributed by atoms with Gasteiger partial charge in [-0.2, -0.15) is 0 Å². The van der Waals surface area contributed by atoms with Crippen LogP contribution in [-0.2, 0) is 16.0 Å². The summed E-state index contributed by atoms with van der Waals surface area (Å²) in [5, 5.41) is 35.4. The van der Waals surface area contributed by atoms with E-state index in [0.717, 1.165) is 60.0 Å². The van der Waals surface area contributed by atoms with Gasteiger partial charge < -0.3 is 31.5 Å². The lowest BCUT2D eigenvalue weighted by molar-refractivity contribution is -0.168. The summed E-state index contributed by atoms with van der Waals surface area (Å²) >= 11 is 0. The third kappa shape index (κ3) is 8.60. The van der Waals surface area contributed by atoms with E-state index in [0.29, 0.717) is 50.7 Å². The Bertz CT molecular complexity index is 1620. The van der Waals surface area contributed by atoms with E-state index in [-0.39, 0.29) is 42.7 Å². The highest BCUT2D eigenvalue weighted by Crippen LogP contribution is 2.66. The average Bonchev–Trinajstić information content (AvgIpc) is 3.26. The number of fused-ring (bicyclic) bond motifs is 3. The van der Waals surface area contributed by atoms with Gasteiger partial charge in [-0.15, -0.1) is 0 Å². The Morgan fingerprint density at radius 3 is 2.76 bits per heavy atom. The van der Waals surface area contributed by atoms with Gasteiger partial charge in [-0.25, -0.2) is 0 Å². The van der Waals surface area contributed by atoms with Crippen LogP contribution in [0.2, 0.25) is 0 Å². The predicted octanol–water partition coefficient (Wildman–Crippen LogP) is 6.69. The SMILES string of the molecule is C=C1/C=C/C=C2\[C@H]3[C@@H](CCC[C@@H]2OCC#CC/C(C)=C/CC1)C[C@@]1([C@H](CCCO)/C(=C(\C)C(=O)Cc2cccc(C(N)N)c2)CC[C@@]1(C)O)[C@@H]3O. The fourth-order valence-corrected chi connectivity index (χ4v) is 9.63. The molecule has 3 aliphatic carbocycles. The number of nitrogens with two attached hydrogens (primary N) is 2. The Morgan fingerprint density at radius 2 is 2.00 bits per heavy atom. The number of aliphatic hydroxyl groups is 3. The van der Waals surface area contributed by atoms with Gasteiger partial charge in [0.2, 0.25) is 0 Å². The minimum atomic E-state index is -1.19. The molecule has 0 bridgehead atoms. The zero-order valence-corrected chi connectivity index (χ0v) is 31.0. The van der Waals surface area contributed by atoms with Gasteiger partial charge in [0.25, 0.3) is 0 Å². The molecular formula is C44H60N2O5. The first-order chi connectivity index (χ1) is 24.4. The van der Waals surface area contributed by atoms with Crippen LogP contribution in [0.25, 0.3) is 0 Å². The molecule has 3 saturated carbocycles. The number of hydrogen-bond donors (Lipinski definition) is 5. The van der Waals surface area contributed by atoms with E-state index in [2.05, 4.69) is 49.6 Å². The van der Waals surface area contributed by atoms with E-state index < -0.39 is 23.3 Å². The topological polar surface area (TPSA) is 139 Å². The summed E-state index contributed by atoms with van der Waals surface area (Å²) in [7, 11) is 0. The fourth-order valence-electron chi connectivity index (χ4n) is 9.63. The molecule has 0 saturated heterocycles. The largest absolute Gasteiger partial charge is 0.396 e. The van der Waals surface area contributed by atoms with Crippen molar-refractivity contribution in [2.24, 2.45) is 34.6 Å². The average molecular weight is 697 g/mol. The van der Waals surface area contributed by atoms with Gasteiger partial charge in [0.15, 0.2) is 5.78 Å². The molecule has 51 heavy (non-hydrogen) atoms. The maximum atomic E-state index is 14.0. The number of Topliss-reactive ketones (excluding diaryl/α,β-unsaturated/α-hetero) is 1. The number of benzene rings is 1. The molecule has 1 aromatic rings. The van der Waals surface area contributed by atoms with E-state index >= 15 is 0 Å². The lowest BCUT2D eigenvalue weighted by atomic mass is 9.52. The Balaban J connectivity index is 1.54. The van der Waals surface area contributed by atoms with Crippen LogP contribution >= 0.6 is 0 Å². The lowest BCUT2D eigenvalue weighted by Crippen LogP contribution is -2.59. The third-order valence-electron chi connectivity index (χ3n) is 12.4. The summed E-state index contributed by atoms with van der Waals surface area (Å²) in [5.74, 6) is 6.11. The molecule has 1 spiro atoms. The Labute approximate surface area is 305 Å². The second kappa shape index (κ2) is 17.2. The van der Waals surface area contributed by atoms with Crippen molar-refractivity contribution in [1.82, 2.24) is 0 Å². The standard InChI is InChI=1S/C44H60N2O5/c1-29-12-5-6-25-51-39-21-10-18-34-28-44(41(49)40(34)36(39)19-8-15-30(2)14-7-13-29)37(20-11-24-47)35(22-23-43(44,4)50)31(3)38(48)27-32-16-9-17-33(26-32)42(45)46/h8-9,13,15-17,19,26,34,37,39-42,47,49-50H,2,7,10-12,14,18,20-25,27-28,45-46H2,1,3-4H3/b15-8+,29-13+,35-31+,36-19-/t34-,37+,39-,40+,41+,43+,44+/m0/s1. The van der Waals surface area contributed by atoms with E-state index in [1.54, 1.807) is 0 Å². The van der Waals surface area contributed by atoms with Crippen LogP contribution in [0.15, 0.2) is 83.0 Å². The predicted molar refractivity (Wildman–Crippen MR) is 204 cm³/mol. The molecule has 0 amide bonds. The maximum Gasteiger partial charge on any atom is 0.162 e. The van der Waals surface area contributed by atoms with Crippen molar-refractivity contribution in [3.8, 4) is 11.8 Å². The molecule has 0 aromatic heterocycles. The fraction of sp³-hybridized carbons (Fsp3) is 0.568. The zero-order valence-electron chi connectivity index (χ0n) is 31.0. The minimum absolute atomic E-state index is 0.00405. The van der Waals surface area contributed by atoms with Crippen molar-refractivity contribution in [2.45, 2.75) is 122 Å². The van der Waals surface area contributed by atoms with Crippen molar-refractivity contribution in [3.63, 3.8) is 0 Å². The molecule has 1 aromatic carbocycles. The monoisotopic (exact) mass is 696 g/mol. The first kappa shape index (κ1) is 39.1. The molecule has 3 fully saturated rings. The Morgan fingerprint density at radius 1 is 1.20 bits per heavy atom. The molecule has 1 heterocycles. The second-order valence-corrected chi connectivity index (χ2v) is 15.7.